The summed E-state index contributed by atoms with van der Waals surface area (Å²) >= 11 is 6.14. The second-order valence-corrected chi connectivity index (χ2v) is 11.7. The van der Waals surface area contributed by atoms with E-state index in [9.17, 15) is 31.9 Å². The third-order valence-electron chi connectivity index (χ3n) is 8.20. The summed E-state index contributed by atoms with van der Waals surface area (Å²) in [6.07, 6.45) is -4.06. The van der Waals surface area contributed by atoms with E-state index in [-0.39, 0.29) is 51.3 Å². The molecule has 2 N–H and O–H groups in total. The lowest BCUT2D eigenvalue weighted by atomic mass is 9.83. The molecule has 0 spiro atoms. The number of alkyl halides is 3. The van der Waals surface area contributed by atoms with Crippen molar-refractivity contribution in [3.05, 3.63) is 122 Å². The van der Waals surface area contributed by atoms with Crippen molar-refractivity contribution in [2.75, 3.05) is 28.6 Å². The predicted molar refractivity (Wildman–Crippen MR) is 163 cm³/mol. The highest BCUT2D eigenvalue weighted by molar-refractivity contribution is 6.31. The lowest BCUT2D eigenvalue weighted by Crippen LogP contribution is -2.47. The number of fused-ring (bicyclic) bond motifs is 4. The Balaban J connectivity index is 1.31. The maximum atomic E-state index is 14.5. The molecule has 2 bridgehead atoms. The van der Waals surface area contributed by atoms with E-state index in [0.717, 1.165) is 24.2 Å². The first-order valence-corrected chi connectivity index (χ1v) is 14.6. The number of anilines is 3. The smallest absolute Gasteiger partial charge is 0.369 e. The highest BCUT2D eigenvalue weighted by Gasteiger charge is 2.35. The van der Waals surface area contributed by atoms with Crippen LogP contribution in [0.3, 0.4) is 0 Å². The van der Waals surface area contributed by atoms with Gasteiger partial charge in [-0.2, -0.15) is 13.2 Å². The first-order valence-electron chi connectivity index (χ1n) is 14.3. The van der Waals surface area contributed by atoms with Crippen LogP contribution in [-0.2, 0) is 23.9 Å². The van der Waals surface area contributed by atoms with E-state index in [2.05, 4.69) is 15.5 Å². The quantitative estimate of drug-likeness (QED) is 0.230. The van der Waals surface area contributed by atoms with E-state index < -0.39 is 29.4 Å². The molecule has 45 heavy (non-hydrogen) atoms. The first-order chi connectivity index (χ1) is 21.5. The van der Waals surface area contributed by atoms with Crippen molar-refractivity contribution in [1.82, 2.24) is 4.57 Å². The standard InChI is InChI=1S/C33H27ClF4N4O3/c34-25-6-2-7-26(35)24(25)15-30(43)40-27-13-20(32(45)39-23-5-1-4-22(14-23)33(36,37)38)10-11-29(27)41-16-19-12-21(18-41)28-8-3-9-31(44)42(28)17-19/h1-11,13-14,19,21H,12,15-18H2,(H,39,45)(H,40,43). The minimum atomic E-state index is -4.58. The number of benzene rings is 3. The molecule has 2 aliphatic heterocycles. The van der Waals surface area contributed by atoms with Gasteiger partial charge in [-0.25, -0.2) is 4.39 Å². The number of rotatable bonds is 6. The lowest BCUT2D eigenvalue weighted by Gasteiger charge is -2.44. The van der Waals surface area contributed by atoms with Crippen LogP contribution in [-0.4, -0.2) is 29.5 Å². The van der Waals surface area contributed by atoms with Crippen molar-refractivity contribution < 1.29 is 27.2 Å². The van der Waals surface area contributed by atoms with E-state index in [1.54, 1.807) is 22.8 Å². The molecule has 2 unspecified atom stereocenters. The monoisotopic (exact) mass is 638 g/mol. The predicted octanol–water partition coefficient (Wildman–Crippen LogP) is 6.72. The van der Waals surface area contributed by atoms with Crippen LogP contribution in [0.15, 0.2) is 83.7 Å². The number of hydrogen-bond donors (Lipinski definition) is 2. The number of pyridine rings is 1. The van der Waals surface area contributed by atoms with Crippen LogP contribution in [0.5, 0.6) is 0 Å². The molecule has 0 saturated carbocycles. The van der Waals surface area contributed by atoms with Gasteiger partial charge in [-0.15, -0.1) is 0 Å². The van der Waals surface area contributed by atoms with E-state index in [1.807, 2.05) is 6.07 Å². The number of nitrogens with one attached hydrogen (secondary N) is 2. The van der Waals surface area contributed by atoms with Gasteiger partial charge in [0.15, 0.2) is 0 Å². The van der Waals surface area contributed by atoms with Gasteiger partial charge >= 0.3 is 6.18 Å². The fourth-order valence-corrected chi connectivity index (χ4v) is 6.41. The maximum Gasteiger partial charge on any atom is 0.416 e. The average molecular weight is 639 g/mol. The second-order valence-electron chi connectivity index (χ2n) is 11.3. The Hall–Kier alpha value is -4.64. The molecule has 4 aromatic rings. The summed E-state index contributed by atoms with van der Waals surface area (Å²) in [5.41, 5.74) is 0.920. The van der Waals surface area contributed by atoms with E-state index >= 15 is 0 Å². The molecule has 1 saturated heterocycles. The molecular weight excluding hydrogens is 612 g/mol. The number of nitrogens with zero attached hydrogens (tertiary/aromatic N) is 2. The average Bonchev–Trinajstić information content (AvgIpc) is 2.99. The molecule has 2 atom stereocenters. The Morgan fingerprint density at radius 1 is 0.911 bits per heavy atom. The number of carbonyl (C=O) groups is 2. The minimum Gasteiger partial charge on any atom is -0.369 e. The summed E-state index contributed by atoms with van der Waals surface area (Å²) in [7, 11) is 0. The summed E-state index contributed by atoms with van der Waals surface area (Å²) in [5, 5.41) is 5.39. The van der Waals surface area contributed by atoms with Gasteiger partial charge in [0, 0.05) is 59.1 Å². The molecule has 12 heteroatoms. The van der Waals surface area contributed by atoms with Crippen LogP contribution in [0.2, 0.25) is 5.02 Å². The summed E-state index contributed by atoms with van der Waals surface area (Å²) in [6.45, 7) is 1.67. The van der Waals surface area contributed by atoms with Gasteiger partial charge in [-0.1, -0.05) is 29.8 Å². The van der Waals surface area contributed by atoms with E-state index in [0.29, 0.717) is 25.3 Å². The first kappa shape index (κ1) is 30.4. The number of aromatic nitrogens is 1. The summed E-state index contributed by atoms with van der Waals surface area (Å²) in [5.74, 6) is -1.69. The normalized spacial score (nSPS) is 17.4. The fourth-order valence-electron chi connectivity index (χ4n) is 6.18. The summed E-state index contributed by atoms with van der Waals surface area (Å²) in [6, 6.07) is 18.3. The summed E-state index contributed by atoms with van der Waals surface area (Å²) < 4.78 is 55.9. The molecule has 3 heterocycles. The Labute approximate surface area is 260 Å². The number of carbonyl (C=O) groups excluding carboxylic acids is 2. The summed E-state index contributed by atoms with van der Waals surface area (Å²) in [4.78, 5) is 41.0. The zero-order valence-electron chi connectivity index (χ0n) is 23.7. The fraction of sp³-hybridized carbons (Fsp3) is 0.242. The Bertz CT molecular complexity index is 1840. The molecule has 3 aromatic carbocycles. The maximum absolute atomic E-state index is 14.5. The molecule has 232 valence electrons. The third-order valence-corrected chi connectivity index (χ3v) is 8.55. The third kappa shape index (κ3) is 6.44. The molecule has 0 radical (unpaired) electrons. The Kier molecular flexibility index (Phi) is 8.13. The van der Waals surface area contributed by atoms with Gasteiger partial charge in [-0.05, 0) is 66.9 Å². The molecule has 7 nitrogen and oxygen atoms in total. The zero-order chi connectivity index (χ0) is 31.9. The number of amides is 2. The van der Waals surface area contributed by atoms with Crippen molar-refractivity contribution >= 4 is 40.5 Å². The van der Waals surface area contributed by atoms with Gasteiger partial charge in [0.2, 0.25) is 5.91 Å². The molecule has 6 rings (SSSR count). The Morgan fingerprint density at radius 2 is 1.69 bits per heavy atom. The van der Waals surface area contributed by atoms with Crippen molar-refractivity contribution in [2.45, 2.75) is 31.5 Å². The number of piperidine rings is 1. The molecule has 2 aliphatic rings. The van der Waals surface area contributed by atoms with Crippen LogP contribution < -0.4 is 21.1 Å². The topological polar surface area (TPSA) is 83.4 Å². The van der Waals surface area contributed by atoms with Crippen molar-refractivity contribution in [1.29, 1.82) is 0 Å². The van der Waals surface area contributed by atoms with Crippen LogP contribution in [0.4, 0.5) is 34.6 Å². The second kappa shape index (κ2) is 12.0. The van der Waals surface area contributed by atoms with Gasteiger partial charge < -0.3 is 20.1 Å². The highest BCUT2D eigenvalue weighted by atomic mass is 35.5. The molecular formula is C33H27ClF4N4O3. The van der Waals surface area contributed by atoms with Gasteiger partial charge in [-0.3, -0.25) is 14.4 Å². The largest absolute Gasteiger partial charge is 0.416 e. The van der Waals surface area contributed by atoms with E-state index in [1.165, 1.54) is 42.5 Å². The Morgan fingerprint density at radius 3 is 2.47 bits per heavy atom. The number of halogens is 5. The number of hydrogen-bond acceptors (Lipinski definition) is 4. The molecule has 1 aromatic heterocycles. The van der Waals surface area contributed by atoms with Crippen molar-refractivity contribution in [3.8, 4) is 0 Å². The SMILES string of the molecule is O=C(Cc1c(F)cccc1Cl)Nc1cc(C(=O)Nc2cccc(C(F)(F)F)c2)ccc1N1CC2CC(C1)c1cccc(=O)n1C2. The van der Waals surface area contributed by atoms with Crippen molar-refractivity contribution in [2.24, 2.45) is 5.92 Å². The zero-order valence-corrected chi connectivity index (χ0v) is 24.5. The van der Waals surface area contributed by atoms with Gasteiger partial charge in [0.1, 0.15) is 5.82 Å². The van der Waals surface area contributed by atoms with Gasteiger partial charge in [0.25, 0.3) is 11.5 Å². The highest BCUT2D eigenvalue weighted by Crippen LogP contribution is 2.39. The molecule has 0 aliphatic carbocycles. The molecule has 2 amide bonds. The van der Waals surface area contributed by atoms with Crippen LogP contribution >= 0.6 is 11.6 Å². The van der Waals surface area contributed by atoms with Crippen LogP contribution in [0.1, 0.15) is 39.5 Å². The van der Waals surface area contributed by atoms with Gasteiger partial charge in [0.05, 0.1) is 23.4 Å². The van der Waals surface area contributed by atoms with Crippen LogP contribution in [0.25, 0.3) is 0 Å². The van der Waals surface area contributed by atoms with E-state index in [4.69, 9.17) is 11.6 Å². The lowest BCUT2D eigenvalue weighted by molar-refractivity contribution is -0.137. The minimum absolute atomic E-state index is 0.0196. The van der Waals surface area contributed by atoms with Crippen molar-refractivity contribution in [3.63, 3.8) is 0 Å². The van der Waals surface area contributed by atoms with Crippen LogP contribution in [0, 0.1) is 11.7 Å². The molecule has 1 fully saturated rings.